The zero-order chi connectivity index (χ0) is 7.40. The van der Waals surface area contributed by atoms with E-state index in [9.17, 15) is 4.39 Å². The van der Waals surface area contributed by atoms with E-state index in [0.29, 0.717) is 11.3 Å². The van der Waals surface area contributed by atoms with E-state index in [1.54, 1.807) is 12.1 Å². The molecule has 0 aliphatic rings. The van der Waals surface area contributed by atoms with Crippen LogP contribution in [0.25, 0.3) is 0 Å². The predicted molar refractivity (Wildman–Crippen MR) is 40.8 cm³/mol. The van der Waals surface area contributed by atoms with Crippen molar-refractivity contribution in [2.45, 2.75) is 0 Å². The van der Waals surface area contributed by atoms with E-state index in [1.807, 2.05) is 0 Å². The van der Waals surface area contributed by atoms with Gasteiger partial charge in [0.2, 0.25) is 0 Å². The molecule has 1 aromatic carbocycles. The highest BCUT2D eigenvalue weighted by molar-refractivity contribution is 9.09. The molecule has 0 saturated heterocycles. The Kier molecular flexibility index (Phi) is 2.68. The third-order valence-corrected chi connectivity index (χ3v) is 1.25. The summed E-state index contributed by atoms with van der Waals surface area (Å²) in [5.74, 6) is 0.260. The summed E-state index contributed by atoms with van der Waals surface area (Å²) in [6, 6.07) is 6.01. The van der Waals surface area contributed by atoms with Crippen molar-refractivity contribution in [3.63, 3.8) is 0 Å². The van der Waals surface area contributed by atoms with E-state index < -0.39 is 0 Å². The van der Waals surface area contributed by atoms with E-state index >= 15 is 0 Å². The van der Waals surface area contributed by atoms with Gasteiger partial charge in [-0.1, -0.05) is 6.07 Å². The van der Waals surface area contributed by atoms with Crippen LogP contribution in [0.4, 0.5) is 4.39 Å². The summed E-state index contributed by atoms with van der Waals surface area (Å²) in [4.78, 5) is 0. The van der Waals surface area contributed by atoms with Gasteiger partial charge in [-0.05, 0) is 28.1 Å². The van der Waals surface area contributed by atoms with Crippen molar-refractivity contribution in [2.24, 2.45) is 0 Å². The molecule has 0 aliphatic heterocycles. The molecule has 0 saturated carbocycles. The molecule has 0 amide bonds. The van der Waals surface area contributed by atoms with Gasteiger partial charge in [0.15, 0.2) is 0 Å². The highest BCUT2D eigenvalue weighted by Crippen LogP contribution is 2.11. The van der Waals surface area contributed by atoms with Crippen LogP contribution in [0.1, 0.15) is 0 Å². The number of hydrogen-bond acceptors (Lipinski definition) is 1. The first kappa shape index (κ1) is 7.54. The first-order valence-corrected chi connectivity index (χ1v) is 3.89. The van der Waals surface area contributed by atoms with Crippen LogP contribution in [-0.2, 0) is 0 Å². The van der Waals surface area contributed by atoms with E-state index in [2.05, 4.69) is 15.9 Å². The molecule has 1 rings (SSSR count). The maximum atomic E-state index is 12.4. The third kappa shape index (κ3) is 1.99. The standard InChI is InChI=1S/C7H6BrFO/c8-5-10-7-3-1-2-6(9)4-7/h1-4H,5H2. The number of alkyl halides is 1. The molecule has 0 bridgehead atoms. The quantitative estimate of drug-likeness (QED) is 0.674. The number of ether oxygens (including phenoxy) is 1. The molecule has 0 aliphatic carbocycles. The van der Waals surface area contributed by atoms with Gasteiger partial charge in [-0.3, -0.25) is 0 Å². The molecule has 0 heterocycles. The van der Waals surface area contributed by atoms with Gasteiger partial charge < -0.3 is 4.74 Å². The molecule has 0 spiro atoms. The number of halogens is 2. The smallest absolute Gasteiger partial charge is 0.143 e. The van der Waals surface area contributed by atoms with Crippen LogP contribution in [0, 0.1) is 5.82 Å². The highest BCUT2D eigenvalue weighted by atomic mass is 79.9. The first-order valence-electron chi connectivity index (χ1n) is 2.77. The molecule has 0 fully saturated rings. The van der Waals surface area contributed by atoms with Gasteiger partial charge in [0.25, 0.3) is 0 Å². The monoisotopic (exact) mass is 204 g/mol. The Hall–Kier alpha value is -0.570. The first-order chi connectivity index (χ1) is 4.83. The fourth-order valence-corrected chi connectivity index (χ4v) is 0.884. The van der Waals surface area contributed by atoms with Crippen LogP contribution in [-0.4, -0.2) is 5.52 Å². The van der Waals surface area contributed by atoms with Crippen LogP contribution in [0.2, 0.25) is 0 Å². The summed E-state index contributed by atoms with van der Waals surface area (Å²) in [5, 5.41) is 0. The van der Waals surface area contributed by atoms with Gasteiger partial charge in [0.1, 0.15) is 17.1 Å². The van der Waals surface area contributed by atoms with Crippen LogP contribution in [0.5, 0.6) is 5.75 Å². The van der Waals surface area contributed by atoms with Crippen molar-refractivity contribution in [1.82, 2.24) is 0 Å². The molecule has 0 unspecified atom stereocenters. The van der Waals surface area contributed by atoms with Gasteiger partial charge in [0.05, 0.1) is 0 Å². The minimum absolute atomic E-state index is 0.279. The Morgan fingerprint density at radius 3 is 2.90 bits per heavy atom. The zero-order valence-corrected chi connectivity index (χ0v) is 6.77. The Morgan fingerprint density at radius 2 is 2.30 bits per heavy atom. The third-order valence-electron chi connectivity index (χ3n) is 1.02. The summed E-state index contributed by atoms with van der Waals surface area (Å²) in [7, 11) is 0. The van der Waals surface area contributed by atoms with Crippen molar-refractivity contribution >= 4 is 15.9 Å². The lowest BCUT2D eigenvalue weighted by molar-refractivity contribution is 0.395. The summed E-state index contributed by atoms with van der Waals surface area (Å²) >= 11 is 3.07. The maximum Gasteiger partial charge on any atom is 0.143 e. The Balaban J connectivity index is 2.75. The Labute approximate surface area is 66.9 Å². The Bertz CT molecular complexity index is 215. The molecule has 0 atom stereocenters. The number of benzene rings is 1. The van der Waals surface area contributed by atoms with Crippen molar-refractivity contribution in [3.8, 4) is 5.75 Å². The second kappa shape index (κ2) is 3.56. The Morgan fingerprint density at radius 1 is 1.50 bits per heavy atom. The van der Waals surface area contributed by atoms with E-state index in [0.717, 1.165) is 0 Å². The van der Waals surface area contributed by atoms with E-state index in [1.165, 1.54) is 12.1 Å². The minimum atomic E-state index is -0.279. The maximum absolute atomic E-state index is 12.4. The van der Waals surface area contributed by atoms with Crippen LogP contribution >= 0.6 is 15.9 Å². The summed E-state index contributed by atoms with van der Waals surface area (Å²) in [6.45, 7) is 0. The lowest BCUT2D eigenvalue weighted by atomic mass is 10.3. The second-order valence-electron chi connectivity index (χ2n) is 1.71. The summed E-state index contributed by atoms with van der Waals surface area (Å²) < 4.78 is 17.4. The average molecular weight is 205 g/mol. The molecule has 1 nitrogen and oxygen atoms in total. The van der Waals surface area contributed by atoms with Crippen molar-refractivity contribution in [2.75, 3.05) is 5.52 Å². The SMILES string of the molecule is Fc1cccc(OCBr)c1. The molecule has 3 heteroatoms. The number of rotatable bonds is 2. The molecule has 10 heavy (non-hydrogen) atoms. The van der Waals surface area contributed by atoms with Crippen molar-refractivity contribution in [1.29, 1.82) is 0 Å². The molecular weight excluding hydrogens is 199 g/mol. The molecule has 0 radical (unpaired) electrons. The lowest BCUT2D eigenvalue weighted by Gasteiger charge is -1.99. The topological polar surface area (TPSA) is 9.23 Å². The molecule has 54 valence electrons. The van der Waals surface area contributed by atoms with Crippen molar-refractivity contribution in [3.05, 3.63) is 30.1 Å². The van der Waals surface area contributed by atoms with Gasteiger partial charge in [-0.15, -0.1) is 0 Å². The minimum Gasteiger partial charge on any atom is -0.482 e. The number of hydrogen-bond donors (Lipinski definition) is 0. The molecule has 0 N–H and O–H groups in total. The lowest BCUT2D eigenvalue weighted by Crippen LogP contribution is -1.87. The largest absolute Gasteiger partial charge is 0.482 e. The predicted octanol–water partition coefficient (Wildman–Crippen LogP) is 2.56. The van der Waals surface area contributed by atoms with Crippen LogP contribution < -0.4 is 4.74 Å². The van der Waals surface area contributed by atoms with Gasteiger partial charge in [-0.25, -0.2) is 4.39 Å². The molecular formula is C7H6BrFO. The summed E-state index contributed by atoms with van der Waals surface area (Å²) in [5.41, 5.74) is 0.385. The highest BCUT2D eigenvalue weighted by Gasteiger charge is 1.92. The molecule has 1 aromatic rings. The fraction of sp³-hybridized carbons (Fsp3) is 0.143. The van der Waals surface area contributed by atoms with Crippen LogP contribution in [0.3, 0.4) is 0 Å². The summed E-state index contributed by atoms with van der Waals surface area (Å²) in [6.07, 6.45) is 0. The second-order valence-corrected chi connectivity index (χ2v) is 2.17. The molecule has 0 aromatic heterocycles. The van der Waals surface area contributed by atoms with E-state index in [-0.39, 0.29) is 5.82 Å². The zero-order valence-electron chi connectivity index (χ0n) is 5.18. The van der Waals surface area contributed by atoms with Crippen molar-refractivity contribution < 1.29 is 9.13 Å². The van der Waals surface area contributed by atoms with Gasteiger partial charge in [-0.2, -0.15) is 0 Å². The normalized spacial score (nSPS) is 9.40. The average Bonchev–Trinajstić information content (AvgIpc) is 1.88. The van der Waals surface area contributed by atoms with Gasteiger partial charge in [0, 0.05) is 6.07 Å². The van der Waals surface area contributed by atoms with Gasteiger partial charge >= 0.3 is 0 Å². The fourth-order valence-electron chi connectivity index (χ4n) is 0.620. The van der Waals surface area contributed by atoms with Crippen LogP contribution in [0.15, 0.2) is 24.3 Å². The van der Waals surface area contributed by atoms with E-state index in [4.69, 9.17) is 4.74 Å².